The maximum absolute atomic E-state index is 13.9. The Hall–Kier alpha value is -2.77. The van der Waals surface area contributed by atoms with E-state index in [0.29, 0.717) is 19.5 Å². The van der Waals surface area contributed by atoms with Crippen LogP contribution in [-0.4, -0.2) is 59.1 Å². The number of aryl methyl sites for hydroxylation is 1. The van der Waals surface area contributed by atoms with Crippen molar-refractivity contribution in [3.05, 3.63) is 35.0 Å². The largest absolute Gasteiger partial charge is 0.350 e. The Bertz CT molecular complexity index is 938. The summed E-state index contributed by atoms with van der Waals surface area (Å²) >= 11 is 0. The van der Waals surface area contributed by atoms with Crippen LogP contribution in [0.2, 0.25) is 0 Å². The van der Waals surface area contributed by atoms with Gasteiger partial charge in [-0.15, -0.1) is 0 Å². The molecule has 2 amide bonds. The Morgan fingerprint density at radius 2 is 1.96 bits per heavy atom. The van der Waals surface area contributed by atoms with Crippen LogP contribution in [0.1, 0.15) is 29.4 Å². The minimum Gasteiger partial charge on any atom is -0.350 e. The fraction of sp³-hybridized carbons (Fsp3) is 0.421. The van der Waals surface area contributed by atoms with E-state index in [2.05, 4.69) is 4.98 Å². The lowest BCUT2D eigenvalue weighted by molar-refractivity contribution is -0.131. The van der Waals surface area contributed by atoms with Crippen molar-refractivity contribution in [3.63, 3.8) is 0 Å². The molecule has 0 saturated carbocycles. The number of halogens is 2. The van der Waals surface area contributed by atoms with Crippen LogP contribution < -0.4 is 0 Å². The number of carbonyl (C=O) groups is 3. The molecule has 1 aromatic heterocycles. The molecule has 6 nitrogen and oxygen atoms in total. The second kappa shape index (κ2) is 7.09. The number of benzene rings is 1. The van der Waals surface area contributed by atoms with Gasteiger partial charge in [-0.1, -0.05) is 0 Å². The first-order valence-electron chi connectivity index (χ1n) is 8.70. The Kier molecular flexibility index (Phi) is 4.99. The lowest BCUT2D eigenvalue weighted by atomic mass is 10.1. The van der Waals surface area contributed by atoms with Crippen molar-refractivity contribution >= 4 is 28.5 Å². The molecule has 27 heavy (non-hydrogen) atoms. The van der Waals surface area contributed by atoms with Crippen molar-refractivity contribution in [2.24, 2.45) is 5.92 Å². The topological polar surface area (TPSA) is 73.5 Å². The number of hydrogen-bond donors (Lipinski definition) is 1. The third kappa shape index (κ3) is 3.56. The normalized spacial score (nSPS) is 16.8. The molecule has 1 saturated heterocycles. The molecule has 1 aliphatic heterocycles. The van der Waals surface area contributed by atoms with Crippen molar-refractivity contribution in [1.29, 1.82) is 0 Å². The van der Waals surface area contributed by atoms with Gasteiger partial charge >= 0.3 is 0 Å². The molecule has 1 aliphatic rings. The second-order valence-electron chi connectivity index (χ2n) is 7.03. The third-order valence-corrected chi connectivity index (χ3v) is 5.13. The van der Waals surface area contributed by atoms with Gasteiger partial charge in [-0.3, -0.25) is 14.4 Å². The molecule has 1 atom stereocenters. The number of nitrogens with one attached hydrogen (secondary N) is 1. The van der Waals surface area contributed by atoms with Gasteiger partial charge in [0.1, 0.15) is 23.1 Å². The standard InChI is InChI=1S/C19H21F2N3O3/c1-10-14(20)7-15(21)13-6-16(22-18(10)13)19(27)23(3)9-17(26)24-5-4-12(8-24)11(2)25/h6-7,12,22H,4-5,8-9H2,1-3H3. The number of Topliss-reactive ketones (excluding diaryl/α,β-unsaturated/α-hetero) is 1. The molecule has 8 heteroatoms. The first-order chi connectivity index (χ1) is 12.7. The minimum absolute atomic E-state index is 0.0532. The zero-order chi connectivity index (χ0) is 19.9. The van der Waals surface area contributed by atoms with E-state index in [0.717, 1.165) is 6.07 Å². The van der Waals surface area contributed by atoms with Gasteiger partial charge in [0.2, 0.25) is 5.91 Å². The maximum Gasteiger partial charge on any atom is 0.270 e. The lowest BCUT2D eigenvalue weighted by Crippen LogP contribution is -2.40. The number of amides is 2. The summed E-state index contributed by atoms with van der Waals surface area (Å²) in [6.07, 6.45) is 0.630. The summed E-state index contributed by atoms with van der Waals surface area (Å²) in [5.74, 6) is -2.30. The van der Waals surface area contributed by atoms with Crippen molar-refractivity contribution in [2.45, 2.75) is 20.3 Å². The molecular formula is C19H21F2N3O3. The van der Waals surface area contributed by atoms with Gasteiger partial charge in [-0.2, -0.15) is 0 Å². The van der Waals surface area contributed by atoms with Crippen LogP contribution in [0.15, 0.2) is 12.1 Å². The van der Waals surface area contributed by atoms with E-state index in [9.17, 15) is 23.2 Å². The van der Waals surface area contributed by atoms with E-state index in [1.54, 1.807) is 4.90 Å². The van der Waals surface area contributed by atoms with Gasteiger partial charge in [-0.05, 0) is 26.3 Å². The van der Waals surface area contributed by atoms with Crippen LogP contribution in [0, 0.1) is 24.5 Å². The number of carbonyl (C=O) groups excluding carboxylic acids is 3. The van der Waals surface area contributed by atoms with Gasteiger partial charge < -0.3 is 14.8 Å². The van der Waals surface area contributed by atoms with Gasteiger partial charge in [0.05, 0.1) is 12.1 Å². The van der Waals surface area contributed by atoms with Crippen LogP contribution >= 0.6 is 0 Å². The quantitative estimate of drug-likeness (QED) is 0.888. The number of likely N-dealkylation sites (N-methyl/N-ethyl adjacent to an activating group) is 1. The van der Waals surface area contributed by atoms with Gasteiger partial charge in [-0.25, -0.2) is 8.78 Å². The fourth-order valence-corrected chi connectivity index (χ4v) is 3.37. The van der Waals surface area contributed by atoms with Crippen LogP contribution in [0.5, 0.6) is 0 Å². The average Bonchev–Trinajstić information content (AvgIpc) is 3.26. The number of nitrogens with zero attached hydrogens (tertiary/aromatic N) is 2. The predicted octanol–water partition coefficient (Wildman–Crippen LogP) is 2.26. The molecule has 1 fully saturated rings. The molecule has 0 bridgehead atoms. The zero-order valence-corrected chi connectivity index (χ0v) is 15.4. The molecule has 3 rings (SSSR count). The number of fused-ring (bicyclic) bond motifs is 1. The smallest absolute Gasteiger partial charge is 0.270 e. The summed E-state index contributed by atoms with van der Waals surface area (Å²) in [5.41, 5.74) is 0.520. The molecule has 2 heterocycles. The van der Waals surface area contributed by atoms with Crippen molar-refractivity contribution < 1.29 is 23.2 Å². The molecule has 0 aliphatic carbocycles. The number of aromatic amines is 1. The van der Waals surface area contributed by atoms with Gasteiger partial charge in [0.15, 0.2) is 0 Å². The zero-order valence-electron chi connectivity index (χ0n) is 15.4. The van der Waals surface area contributed by atoms with Crippen molar-refractivity contribution in [3.8, 4) is 0 Å². The molecular weight excluding hydrogens is 356 g/mol. The van der Waals surface area contributed by atoms with Crippen molar-refractivity contribution in [2.75, 3.05) is 26.7 Å². The summed E-state index contributed by atoms with van der Waals surface area (Å²) in [6, 6.07) is 2.11. The maximum atomic E-state index is 13.9. The number of ketones is 1. The summed E-state index contributed by atoms with van der Waals surface area (Å²) in [5, 5.41) is 0.126. The molecule has 1 unspecified atom stereocenters. The molecule has 0 radical (unpaired) electrons. The summed E-state index contributed by atoms with van der Waals surface area (Å²) in [6.45, 7) is 3.70. The minimum atomic E-state index is -0.755. The van der Waals surface area contributed by atoms with E-state index in [4.69, 9.17) is 0 Å². The van der Waals surface area contributed by atoms with Crippen LogP contribution in [0.4, 0.5) is 8.78 Å². The molecule has 144 valence electrons. The predicted molar refractivity (Wildman–Crippen MR) is 95.3 cm³/mol. The Labute approximate surface area is 155 Å². The SMILES string of the molecule is CC(=O)C1CCN(C(=O)CN(C)C(=O)c2cc3c(F)cc(F)c(C)c3[nH]2)C1. The van der Waals surface area contributed by atoms with E-state index in [-0.39, 0.29) is 46.3 Å². The lowest BCUT2D eigenvalue weighted by Gasteiger charge is -2.21. The third-order valence-electron chi connectivity index (χ3n) is 5.13. The summed E-state index contributed by atoms with van der Waals surface area (Å²) in [7, 11) is 1.47. The first kappa shape index (κ1) is 19.0. The molecule has 2 aromatic rings. The number of hydrogen-bond acceptors (Lipinski definition) is 3. The van der Waals surface area contributed by atoms with Gasteiger partial charge in [0.25, 0.3) is 5.91 Å². The summed E-state index contributed by atoms with van der Waals surface area (Å²) < 4.78 is 27.6. The highest BCUT2D eigenvalue weighted by Crippen LogP contribution is 2.25. The molecule has 0 spiro atoms. The van der Waals surface area contributed by atoms with E-state index in [1.165, 1.54) is 31.9 Å². The van der Waals surface area contributed by atoms with E-state index >= 15 is 0 Å². The first-order valence-corrected chi connectivity index (χ1v) is 8.70. The van der Waals surface area contributed by atoms with E-state index in [1.807, 2.05) is 0 Å². The monoisotopic (exact) mass is 377 g/mol. The number of rotatable bonds is 4. The highest BCUT2D eigenvalue weighted by molar-refractivity contribution is 6.00. The molecule has 1 N–H and O–H groups in total. The van der Waals surface area contributed by atoms with Gasteiger partial charge in [0, 0.05) is 43.1 Å². The van der Waals surface area contributed by atoms with Crippen LogP contribution in [0.25, 0.3) is 10.9 Å². The Morgan fingerprint density at radius 3 is 2.59 bits per heavy atom. The van der Waals surface area contributed by atoms with Crippen molar-refractivity contribution in [1.82, 2.24) is 14.8 Å². The highest BCUT2D eigenvalue weighted by Gasteiger charge is 2.30. The summed E-state index contributed by atoms with van der Waals surface area (Å²) in [4.78, 5) is 42.0. The van der Waals surface area contributed by atoms with Crippen LogP contribution in [-0.2, 0) is 9.59 Å². The average molecular weight is 377 g/mol. The second-order valence-corrected chi connectivity index (χ2v) is 7.03. The highest BCUT2D eigenvalue weighted by atomic mass is 19.1. The fourth-order valence-electron chi connectivity index (χ4n) is 3.37. The number of likely N-dealkylation sites (tertiary alicyclic amines) is 1. The Balaban J connectivity index is 1.73. The number of aromatic nitrogens is 1. The Morgan fingerprint density at radius 1 is 1.26 bits per heavy atom. The molecule has 1 aromatic carbocycles. The van der Waals surface area contributed by atoms with Crippen LogP contribution in [0.3, 0.4) is 0 Å². The van der Waals surface area contributed by atoms with E-state index < -0.39 is 17.5 Å². The number of H-pyrrole nitrogens is 1.